The lowest BCUT2D eigenvalue weighted by atomic mass is 10.1. The Hall–Kier alpha value is -0.650. The summed E-state index contributed by atoms with van der Waals surface area (Å²) in [5.41, 5.74) is 10.9. The summed E-state index contributed by atoms with van der Waals surface area (Å²) in [5.74, 6) is -0.755. The Bertz CT molecular complexity index is 201. The molecule has 0 bridgehead atoms. The van der Waals surface area contributed by atoms with Crippen LogP contribution in [0.15, 0.2) is 0 Å². The maximum atomic E-state index is 10.7. The summed E-state index contributed by atoms with van der Waals surface area (Å²) < 4.78 is 0. The van der Waals surface area contributed by atoms with Crippen molar-refractivity contribution in [1.29, 1.82) is 0 Å². The van der Waals surface area contributed by atoms with Crippen LogP contribution < -0.4 is 11.5 Å². The largest absolute Gasteiger partial charge is 0.480 e. The maximum Gasteiger partial charge on any atom is 0.317 e. The van der Waals surface area contributed by atoms with Crippen LogP contribution in [-0.2, 0) is 4.79 Å². The minimum Gasteiger partial charge on any atom is -0.480 e. The number of carboxylic acid groups (broad SMARTS) is 1. The Balaban J connectivity index is 3.52. The first-order chi connectivity index (χ1) is 8.70. The van der Waals surface area contributed by atoms with Gasteiger partial charge in [0.1, 0.15) is 0 Å². The van der Waals surface area contributed by atoms with E-state index in [4.69, 9.17) is 16.6 Å². The van der Waals surface area contributed by atoms with E-state index in [1.165, 1.54) is 25.7 Å². The molecule has 0 aromatic rings. The smallest absolute Gasteiger partial charge is 0.317 e. The molecule has 18 heavy (non-hydrogen) atoms. The van der Waals surface area contributed by atoms with E-state index in [2.05, 4.69) is 0 Å². The Labute approximate surface area is 111 Å². The Kier molecular flexibility index (Phi) is 12.3. The van der Waals surface area contributed by atoms with Gasteiger partial charge in [-0.2, -0.15) is 0 Å². The summed E-state index contributed by atoms with van der Waals surface area (Å²) in [5, 5.41) is 8.80. The molecule has 0 aliphatic rings. The van der Waals surface area contributed by atoms with Crippen LogP contribution in [0.5, 0.6) is 0 Å². The molecule has 0 rings (SSSR count). The van der Waals surface area contributed by atoms with Crippen LogP contribution in [0.2, 0.25) is 0 Å². The molecule has 0 aliphatic carbocycles. The van der Waals surface area contributed by atoms with Gasteiger partial charge >= 0.3 is 5.97 Å². The quantitative estimate of drug-likeness (QED) is 0.429. The number of carboxylic acids is 1. The third-order valence-electron chi connectivity index (χ3n) is 2.97. The first kappa shape index (κ1) is 17.4. The van der Waals surface area contributed by atoms with Crippen molar-refractivity contribution in [2.24, 2.45) is 11.5 Å². The number of carbonyl (C=O) groups is 1. The van der Waals surface area contributed by atoms with Crippen LogP contribution in [0.1, 0.15) is 44.9 Å². The van der Waals surface area contributed by atoms with Crippen molar-refractivity contribution in [3.63, 3.8) is 0 Å². The van der Waals surface area contributed by atoms with Gasteiger partial charge in [0.2, 0.25) is 0 Å². The molecule has 0 aromatic carbocycles. The first-order valence-corrected chi connectivity index (χ1v) is 7.05. The van der Waals surface area contributed by atoms with Crippen molar-refractivity contribution >= 4 is 5.97 Å². The number of hydrogen-bond acceptors (Lipinski definition) is 4. The van der Waals surface area contributed by atoms with Crippen LogP contribution in [0.25, 0.3) is 0 Å². The highest BCUT2D eigenvalue weighted by Crippen LogP contribution is 2.06. The van der Waals surface area contributed by atoms with Crippen molar-refractivity contribution in [1.82, 2.24) is 4.90 Å². The van der Waals surface area contributed by atoms with Crippen LogP contribution >= 0.6 is 0 Å². The normalized spacial score (nSPS) is 11.1. The molecular formula is C13H29N3O2. The van der Waals surface area contributed by atoms with E-state index >= 15 is 0 Å². The maximum absolute atomic E-state index is 10.7. The van der Waals surface area contributed by atoms with E-state index in [9.17, 15) is 4.79 Å². The number of rotatable bonds is 13. The zero-order valence-electron chi connectivity index (χ0n) is 11.4. The highest BCUT2D eigenvalue weighted by atomic mass is 16.4. The molecule has 0 aliphatic heterocycles. The van der Waals surface area contributed by atoms with Gasteiger partial charge in [-0.05, 0) is 45.4 Å². The molecule has 5 heteroatoms. The van der Waals surface area contributed by atoms with Gasteiger partial charge < -0.3 is 16.6 Å². The van der Waals surface area contributed by atoms with Crippen molar-refractivity contribution in [3.05, 3.63) is 0 Å². The molecule has 0 saturated carbocycles. The highest BCUT2D eigenvalue weighted by molar-refractivity contribution is 5.69. The van der Waals surface area contributed by atoms with Crippen LogP contribution in [0.4, 0.5) is 0 Å². The molecule has 0 fully saturated rings. The van der Waals surface area contributed by atoms with Crippen LogP contribution in [-0.4, -0.2) is 48.7 Å². The molecular weight excluding hydrogens is 230 g/mol. The van der Waals surface area contributed by atoms with Gasteiger partial charge in [-0.3, -0.25) is 9.69 Å². The fourth-order valence-corrected chi connectivity index (χ4v) is 1.96. The fourth-order valence-electron chi connectivity index (χ4n) is 1.96. The summed E-state index contributed by atoms with van der Waals surface area (Å²) in [6.45, 7) is 3.19. The van der Waals surface area contributed by atoms with Gasteiger partial charge in [-0.1, -0.05) is 25.7 Å². The molecule has 108 valence electrons. The molecule has 0 atom stereocenters. The van der Waals surface area contributed by atoms with Crippen molar-refractivity contribution < 1.29 is 9.90 Å². The minimum atomic E-state index is -0.755. The standard InChI is InChI=1S/C13H29N3O2/c14-8-5-3-1-2-4-6-10-16(11-7-9-15)12-13(17)18/h1-12,14-15H2,(H,17,18). The van der Waals surface area contributed by atoms with Gasteiger partial charge in [0.05, 0.1) is 6.54 Å². The average Bonchev–Trinajstić information content (AvgIpc) is 2.34. The molecule has 5 nitrogen and oxygen atoms in total. The number of aliphatic carboxylic acids is 1. The van der Waals surface area contributed by atoms with Crippen molar-refractivity contribution in [2.45, 2.75) is 44.9 Å². The predicted octanol–water partition coefficient (Wildman–Crippen LogP) is 1.02. The second-order valence-corrected chi connectivity index (χ2v) is 4.72. The van der Waals surface area contributed by atoms with E-state index in [-0.39, 0.29) is 6.54 Å². The Morgan fingerprint density at radius 1 is 0.833 bits per heavy atom. The lowest BCUT2D eigenvalue weighted by Crippen LogP contribution is -2.32. The summed E-state index contributed by atoms with van der Waals surface area (Å²) in [7, 11) is 0. The van der Waals surface area contributed by atoms with Crippen molar-refractivity contribution in [3.8, 4) is 0 Å². The van der Waals surface area contributed by atoms with Gasteiger partial charge in [0, 0.05) is 0 Å². The van der Waals surface area contributed by atoms with Gasteiger partial charge in [-0.25, -0.2) is 0 Å². The van der Waals surface area contributed by atoms with Crippen LogP contribution in [0.3, 0.4) is 0 Å². The molecule has 0 amide bonds. The summed E-state index contributed by atoms with van der Waals surface area (Å²) >= 11 is 0. The second kappa shape index (κ2) is 12.8. The number of nitrogens with zero attached hydrogens (tertiary/aromatic N) is 1. The van der Waals surface area contributed by atoms with Gasteiger partial charge in [0.25, 0.3) is 0 Å². The number of unbranched alkanes of at least 4 members (excludes halogenated alkanes) is 5. The zero-order valence-corrected chi connectivity index (χ0v) is 11.4. The SMILES string of the molecule is NCCCCCCCCN(CCCN)CC(=O)O. The van der Waals surface area contributed by atoms with E-state index in [0.29, 0.717) is 6.54 Å². The predicted molar refractivity (Wildman–Crippen MR) is 74.5 cm³/mol. The Morgan fingerprint density at radius 3 is 1.89 bits per heavy atom. The monoisotopic (exact) mass is 259 g/mol. The fraction of sp³-hybridized carbons (Fsp3) is 0.923. The van der Waals surface area contributed by atoms with Crippen LogP contribution in [0, 0.1) is 0 Å². The van der Waals surface area contributed by atoms with E-state index < -0.39 is 5.97 Å². The highest BCUT2D eigenvalue weighted by Gasteiger charge is 2.08. The molecule has 5 N–H and O–H groups in total. The summed E-state index contributed by atoms with van der Waals surface area (Å²) in [6, 6.07) is 0. The summed E-state index contributed by atoms with van der Waals surface area (Å²) in [4.78, 5) is 12.7. The molecule has 0 radical (unpaired) electrons. The van der Waals surface area contributed by atoms with E-state index in [0.717, 1.165) is 38.9 Å². The Morgan fingerprint density at radius 2 is 1.33 bits per heavy atom. The number of nitrogens with two attached hydrogens (primary N) is 2. The van der Waals surface area contributed by atoms with E-state index in [1.807, 2.05) is 4.90 Å². The lowest BCUT2D eigenvalue weighted by Gasteiger charge is -2.19. The third-order valence-corrected chi connectivity index (χ3v) is 2.97. The molecule has 0 heterocycles. The van der Waals surface area contributed by atoms with E-state index in [1.54, 1.807) is 0 Å². The molecule has 0 aromatic heterocycles. The first-order valence-electron chi connectivity index (χ1n) is 7.05. The lowest BCUT2D eigenvalue weighted by molar-refractivity contribution is -0.138. The molecule has 0 spiro atoms. The topological polar surface area (TPSA) is 92.6 Å². The summed E-state index contributed by atoms with van der Waals surface area (Å²) in [6.07, 6.45) is 7.88. The zero-order chi connectivity index (χ0) is 13.6. The molecule has 0 saturated heterocycles. The number of hydrogen-bond donors (Lipinski definition) is 3. The second-order valence-electron chi connectivity index (χ2n) is 4.72. The van der Waals surface area contributed by atoms with Crippen molar-refractivity contribution in [2.75, 3.05) is 32.7 Å². The minimum absolute atomic E-state index is 0.132. The average molecular weight is 259 g/mol. The third kappa shape index (κ3) is 11.8. The van der Waals surface area contributed by atoms with Gasteiger partial charge in [-0.15, -0.1) is 0 Å². The van der Waals surface area contributed by atoms with Gasteiger partial charge in [0.15, 0.2) is 0 Å². The molecule has 0 unspecified atom stereocenters.